The van der Waals surface area contributed by atoms with E-state index >= 15 is 0 Å². The summed E-state index contributed by atoms with van der Waals surface area (Å²) in [5.74, 6) is 0. The van der Waals surface area contributed by atoms with E-state index in [1.165, 1.54) is 23.5 Å². The predicted molar refractivity (Wildman–Crippen MR) is 77.4 cm³/mol. The molecule has 0 aliphatic carbocycles. The average Bonchev–Trinajstić information content (AvgIpc) is 2.88. The molecule has 0 fully saturated rings. The number of nitrogens with zero attached hydrogens (tertiary/aromatic N) is 1. The standard InChI is InChI=1S/C14H14F3N3OS/c1-9-18-7-12(22-9)8-20-13(21)19-6-10-3-2-4-11(5-10)14(15,16)17/h2-5,7H,6,8H2,1H3,(H2,19,20,21). The van der Waals surface area contributed by atoms with Crippen molar-refractivity contribution in [3.8, 4) is 0 Å². The van der Waals surface area contributed by atoms with Crippen molar-refractivity contribution in [3.05, 3.63) is 51.5 Å². The van der Waals surface area contributed by atoms with E-state index in [0.717, 1.165) is 22.0 Å². The van der Waals surface area contributed by atoms with Crippen molar-refractivity contribution >= 4 is 17.4 Å². The number of thiazole rings is 1. The molecule has 0 spiro atoms. The highest BCUT2D eigenvalue weighted by Crippen LogP contribution is 2.29. The van der Waals surface area contributed by atoms with Gasteiger partial charge in [-0.3, -0.25) is 0 Å². The van der Waals surface area contributed by atoms with Crippen LogP contribution in [0, 0.1) is 6.92 Å². The van der Waals surface area contributed by atoms with Crippen LogP contribution in [0.15, 0.2) is 30.5 Å². The van der Waals surface area contributed by atoms with Crippen LogP contribution in [0.25, 0.3) is 0 Å². The minimum absolute atomic E-state index is 0.0253. The lowest BCUT2D eigenvalue weighted by atomic mass is 10.1. The number of aryl methyl sites for hydroxylation is 1. The molecule has 0 aliphatic rings. The first-order chi connectivity index (χ1) is 10.3. The Morgan fingerprint density at radius 3 is 2.64 bits per heavy atom. The third-order valence-electron chi connectivity index (χ3n) is 2.80. The number of rotatable bonds is 4. The monoisotopic (exact) mass is 329 g/mol. The molecule has 0 aliphatic heterocycles. The summed E-state index contributed by atoms with van der Waals surface area (Å²) in [6.45, 7) is 2.22. The zero-order valence-corrected chi connectivity index (χ0v) is 12.5. The van der Waals surface area contributed by atoms with Gasteiger partial charge in [-0.2, -0.15) is 13.2 Å². The highest BCUT2D eigenvalue weighted by molar-refractivity contribution is 7.11. The van der Waals surface area contributed by atoms with Crippen molar-refractivity contribution in [2.75, 3.05) is 0 Å². The molecule has 0 radical (unpaired) electrons. The van der Waals surface area contributed by atoms with Crippen LogP contribution in [0.5, 0.6) is 0 Å². The lowest BCUT2D eigenvalue weighted by Crippen LogP contribution is -2.34. The molecule has 0 saturated carbocycles. The van der Waals surface area contributed by atoms with Gasteiger partial charge in [0.1, 0.15) is 0 Å². The summed E-state index contributed by atoms with van der Waals surface area (Å²) in [4.78, 5) is 16.6. The molecule has 22 heavy (non-hydrogen) atoms. The fourth-order valence-corrected chi connectivity index (χ4v) is 2.49. The third-order valence-corrected chi connectivity index (χ3v) is 3.71. The number of benzene rings is 1. The Kier molecular flexibility index (Phi) is 5.02. The topological polar surface area (TPSA) is 54.0 Å². The summed E-state index contributed by atoms with van der Waals surface area (Å²) in [6.07, 6.45) is -2.71. The fraction of sp³-hybridized carbons (Fsp3) is 0.286. The maximum absolute atomic E-state index is 12.6. The number of aromatic nitrogens is 1. The molecule has 118 valence electrons. The highest BCUT2D eigenvalue weighted by atomic mass is 32.1. The van der Waals surface area contributed by atoms with Gasteiger partial charge in [-0.05, 0) is 24.6 Å². The third kappa shape index (κ3) is 4.73. The zero-order valence-electron chi connectivity index (χ0n) is 11.7. The molecule has 2 N–H and O–H groups in total. The second kappa shape index (κ2) is 6.78. The molecule has 1 aromatic carbocycles. The molecule has 2 amide bonds. The molecule has 0 bridgehead atoms. The number of amides is 2. The van der Waals surface area contributed by atoms with Gasteiger partial charge in [-0.25, -0.2) is 9.78 Å². The molecular weight excluding hydrogens is 315 g/mol. The Bertz CT molecular complexity index is 655. The van der Waals surface area contributed by atoms with Crippen LogP contribution in [0.1, 0.15) is 21.0 Å². The number of carbonyl (C=O) groups excluding carboxylic acids is 1. The summed E-state index contributed by atoms with van der Waals surface area (Å²) in [7, 11) is 0. The van der Waals surface area contributed by atoms with Crippen LogP contribution in [-0.2, 0) is 19.3 Å². The summed E-state index contributed by atoms with van der Waals surface area (Å²) in [5, 5.41) is 6.05. The quantitative estimate of drug-likeness (QED) is 0.902. The summed E-state index contributed by atoms with van der Waals surface area (Å²) in [6, 6.07) is 4.42. The van der Waals surface area contributed by atoms with Crippen molar-refractivity contribution < 1.29 is 18.0 Å². The van der Waals surface area contributed by atoms with E-state index in [4.69, 9.17) is 0 Å². The molecule has 1 heterocycles. The number of hydrogen-bond acceptors (Lipinski definition) is 3. The molecule has 1 aromatic heterocycles. The van der Waals surface area contributed by atoms with E-state index < -0.39 is 17.8 Å². The van der Waals surface area contributed by atoms with E-state index in [1.807, 2.05) is 6.92 Å². The van der Waals surface area contributed by atoms with Crippen molar-refractivity contribution in [1.82, 2.24) is 15.6 Å². The molecule has 2 aromatic rings. The molecule has 4 nitrogen and oxygen atoms in total. The smallest absolute Gasteiger partial charge is 0.334 e. The summed E-state index contributed by atoms with van der Waals surface area (Å²) in [5.41, 5.74) is -0.342. The summed E-state index contributed by atoms with van der Waals surface area (Å²) >= 11 is 1.47. The summed E-state index contributed by atoms with van der Waals surface area (Å²) < 4.78 is 37.7. The van der Waals surface area contributed by atoms with Crippen molar-refractivity contribution in [2.45, 2.75) is 26.2 Å². The van der Waals surface area contributed by atoms with E-state index in [2.05, 4.69) is 15.6 Å². The van der Waals surface area contributed by atoms with E-state index in [9.17, 15) is 18.0 Å². The molecular formula is C14H14F3N3OS. The number of urea groups is 1. The first-order valence-electron chi connectivity index (χ1n) is 6.44. The largest absolute Gasteiger partial charge is 0.416 e. The number of carbonyl (C=O) groups is 1. The molecule has 2 rings (SSSR count). The van der Waals surface area contributed by atoms with Gasteiger partial charge in [0, 0.05) is 17.6 Å². The second-order valence-electron chi connectivity index (χ2n) is 4.58. The van der Waals surface area contributed by atoms with Crippen molar-refractivity contribution in [1.29, 1.82) is 0 Å². The first kappa shape index (κ1) is 16.3. The van der Waals surface area contributed by atoms with Crippen LogP contribution in [-0.4, -0.2) is 11.0 Å². The lowest BCUT2D eigenvalue weighted by Gasteiger charge is -2.10. The number of hydrogen-bond donors (Lipinski definition) is 2. The minimum Gasteiger partial charge on any atom is -0.334 e. The maximum atomic E-state index is 12.6. The van der Waals surface area contributed by atoms with Crippen LogP contribution < -0.4 is 10.6 Å². The van der Waals surface area contributed by atoms with Gasteiger partial charge < -0.3 is 10.6 Å². The van der Waals surface area contributed by atoms with Crippen LogP contribution >= 0.6 is 11.3 Å². The predicted octanol–water partition coefficient (Wildman–Crippen LogP) is 3.47. The normalized spacial score (nSPS) is 11.3. The molecule has 0 saturated heterocycles. The highest BCUT2D eigenvalue weighted by Gasteiger charge is 2.30. The van der Waals surface area contributed by atoms with Gasteiger partial charge in [-0.1, -0.05) is 12.1 Å². The SMILES string of the molecule is Cc1ncc(CNC(=O)NCc2cccc(C(F)(F)F)c2)s1. The number of nitrogens with one attached hydrogen (secondary N) is 2. The van der Waals surface area contributed by atoms with Gasteiger partial charge in [0.25, 0.3) is 0 Å². The van der Waals surface area contributed by atoms with Gasteiger partial charge in [0.15, 0.2) is 0 Å². The Morgan fingerprint density at radius 2 is 2.00 bits per heavy atom. The zero-order chi connectivity index (χ0) is 16.2. The van der Waals surface area contributed by atoms with Crippen LogP contribution in [0.2, 0.25) is 0 Å². The van der Waals surface area contributed by atoms with Gasteiger partial charge in [0.2, 0.25) is 0 Å². The molecule has 8 heteroatoms. The Morgan fingerprint density at radius 1 is 1.27 bits per heavy atom. The van der Waals surface area contributed by atoms with Crippen molar-refractivity contribution in [2.24, 2.45) is 0 Å². The number of halogens is 3. The minimum atomic E-state index is -4.39. The molecule has 0 unspecified atom stereocenters. The van der Waals surface area contributed by atoms with Gasteiger partial charge in [-0.15, -0.1) is 11.3 Å². The van der Waals surface area contributed by atoms with E-state index in [1.54, 1.807) is 6.20 Å². The molecule has 0 atom stereocenters. The van der Waals surface area contributed by atoms with Gasteiger partial charge >= 0.3 is 12.2 Å². The average molecular weight is 329 g/mol. The Hall–Kier alpha value is -2.09. The van der Waals surface area contributed by atoms with Crippen LogP contribution in [0.4, 0.5) is 18.0 Å². The lowest BCUT2D eigenvalue weighted by molar-refractivity contribution is -0.137. The fourth-order valence-electron chi connectivity index (χ4n) is 1.76. The maximum Gasteiger partial charge on any atom is 0.416 e. The second-order valence-corrected chi connectivity index (χ2v) is 5.90. The van der Waals surface area contributed by atoms with Crippen molar-refractivity contribution in [3.63, 3.8) is 0 Å². The Balaban J connectivity index is 1.83. The number of alkyl halides is 3. The van der Waals surface area contributed by atoms with Crippen LogP contribution in [0.3, 0.4) is 0 Å². The Labute approximate surface area is 129 Å². The van der Waals surface area contributed by atoms with E-state index in [0.29, 0.717) is 12.1 Å². The van der Waals surface area contributed by atoms with E-state index in [-0.39, 0.29) is 6.54 Å². The first-order valence-corrected chi connectivity index (χ1v) is 7.25. The van der Waals surface area contributed by atoms with Gasteiger partial charge in [0.05, 0.1) is 17.1 Å².